The lowest BCUT2D eigenvalue weighted by molar-refractivity contribution is -0.115. The molecule has 1 N–H and O–H groups in total. The fourth-order valence-electron chi connectivity index (χ4n) is 1.95. The van der Waals surface area contributed by atoms with Crippen molar-refractivity contribution in [2.75, 3.05) is 5.32 Å². The molecule has 4 heteroatoms. The molecule has 0 aliphatic rings. The lowest BCUT2D eigenvalue weighted by atomic mass is 10.1. The molecule has 0 fully saturated rings. The molecule has 0 aliphatic carbocycles. The number of hydrogen-bond acceptors (Lipinski definition) is 3. The molecule has 0 unspecified atom stereocenters. The molecule has 1 aromatic carbocycles. The van der Waals surface area contributed by atoms with Crippen LogP contribution in [0, 0.1) is 27.7 Å². The lowest BCUT2D eigenvalue weighted by Crippen LogP contribution is -2.15. The summed E-state index contributed by atoms with van der Waals surface area (Å²) in [5.41, 5.74) is 3.78. The number of aromatic nitrogens is 1. The number of nitrogens with zero attached hydrogens (tertiary/aromatic N) is 1. The Hall–Kier alpha value is -2.10. The highest BCUT2D eigenvalue weighted by molar-refractivity contribution is 5.92. The van der Waals surface area contributed by atoms with Crippen molar-refractivity contribution < 1.29 is 9.21 Å². The van der Waals surface area contributed by atoms with Gasteiger partial charge in [-0.2, -0.15) is 0 Å². The van der Waals surface area contributed by atoms with Crippen LogP contribution in [0.2, 0.25) is 0 Å². The van der Waals surface area contributed by atoms with Crippen LogP contribution < -0.4 is 5.32 Å². The summed E-state index contributed by atoms with van der Waals surface area (Å²) in [7, 11) is 0. The predicted octanol–water partition coefficient (Wildman–Crippen LogP) is 3.09. The smallest absolute Gasteiger partial charge is 0.232 e. The highest BCUT2D eigenvalue weighted by Crippen LogP contribution is 2.17. The van der Waals surface area contributed by atoms with Gasteiger partial charge in [0.25, 0.3) is 0 Å². The van der Waals surface area contributed by atoms with Crippen molar-refractivity contribution in [2.45, 2.75) is 34.1 Å². The van der Waals surface area contributed by atoms with Gasteiger partial charge in [0.05, 0.1) is 12.1 Å². The second-order valence-electron chi connectivity index (χ2n) is 4.78. The standard InChI is InChI=1S/C15H18N2O2/c1-9-5-6-10(2)13(7-9)17-15(18)8-14-11(3)16-12(4)19-14/h5-7H,8H2,1-4H3,(H,17,18). The Morgan fingerprint density at radius 1 is 1.26 bits per heavy atom. The van der Waals surface area contributed by atoms with Gasteiger partial charge in [-0.15, -0.1) is 0 Å². The number of oxazole rings is 1. The number of anilines is 1. The minimum atomic E-state index is -0.0899. The molecule has 19 heavy (non-hydrogen) atoms. The topological polar surface area (TPSA) is 55.1 Å². The Bertz CT molecular complexity index is 615. The average Bonchev–Trinajstić information content (AvgIpc) is 2.62. The number of aryl methyl sites for hydroxylation is 4. The SMILES string of the molecule is Cc1ccc(C)c(NC(=O)Cc2oc(C)nc2C)c1. The third-order valence-corrected chi connectivity index (χ3v) is 2.99. The van der Waals surface area contributed by atoms with E-state index in [1.54, 1.807) is 6.92 Å². The van der Waals surface area contributed by atoms with E-state index in [4.69, 9.17) is 4.42 Å². The van der Waals surface area contributed by atoms with Gasteiger partial charge in [-0.1, -0.05) is 12.1 Å². The molecule has 100 valence electrons. The van der Waals surface area contributed by atoms with Crippen LogP contribution in [-0.2, 0) is 11.2 Å². The fourth-order valence-corrected chi connectivity index (χ4v) is 1.95. The molecule has 0 radical (unpaired) electrons. The van der Waals surface area contributed by atoms with Crippen LogP contribution in [0.4, 0.5) is 5.69 Å². The molecule has 0 bridgehead atoms. The zero-order valence-electron chi connectivity index (χ0n) is 11.7. The van der Waals surface area contributed by atoms with E-state index in [2.05, 4.69) is 10.3 Å². The summed E-state index contributed by atoms with van der Waals surface area (Å²) in [5, 5.41) is 2.91. The van der Waals surface area contributed by atoms with Crippen molar-refractivity contribution in [3.63, 3.8) is 0 Å². The number of hydrogen-bond donors (Lipinski definition) is 1. The Morgan fingerprint density at radius 2 is 2.00 bits per heavy atom. The van der Waals surface area contributed by atoms with Gasteiger partial charge in [0, 0.05) is 12.6 Å². The van der Waals surface area contributed by atoms with Gasteiger partial charge in [0.1, 0.15) is 5.76 Å². The van der Waals surface area contributed by atoms with Crippen molar-refractivity contribution in [1.29, 1.82) is 0 Å². The molecule has 0 saturated carbocycles. The first kappa shape index (κ1) is 13.3. The highest BCUT2D eigenvalue weighted by atomic mass is 16.4. The first-order valence-corrected chi connectivity index (χ1v) is 6.25. The van der Waals surface area contributed by atoms with Gasteiger partial charge in [0.2, 0.25) is 5.91 Å². The van der Waals surface area contributed by atoms with Crippen molar-refractivity contribution in [1.82, 2.24) is 4.98 Å². The van der Waals surface area contributed by atoms with Crippen LogP contribution in [0.25, 0.3) is 0 Å². The van der Waals surface area contributed by atoms with Crippen molar-refractivity contribution in [3.8, 4) is 0 Å². The highest BCUT2D eigenvalue weighted by Gasteiger charge is 2.12. The quantitative estimate of drug-likeness (QED) is 0.920. The van der Waals surface area contributed by atoms with Crippen molar-refractivity contribution in [2.24, 2.45) is 0 Å². The molecule has 1 amide bonds. The van der Waals surface area contributed by atoms with Crippen LogP contribution in [0.5, 0.6) is 0 Å². The third kappa shape index (κ3) is 3.22. The second-order valence-corrected chi connectivity index (χ2v) is 4.78. The summed E-state index contributed by atoms with van der Waals surface area (Å²) in [6.07, 6.45) is 0.208. The van der Waals surface area contributed by atoms with Gasteiger partial charge in [-0.05, 0) is 38.0 Å². The monoisotopic (exact) mass is 258 g/mol. The average molecular weight is 258 g/mol. The minimum absolute atomic E-state index is 0.0899. The zero-order chi connectivity index (χ0) is 14.0. The lowest BCUT2D eigenvalue weighted by Gasteiger charge is -2.08. The Labute approximate surface area is 112 Å². The second kappa shape index (κ2) is 5.26. The minimum Gasteiger partial charge on any atom is -0.445 e. The first-order valence-electron chi connectivity index (χ1n) is 6.25. The molecule has 0 spiro atoms. The largest absolute Gasteiger partial charge is 0.445 e. The van der Waals surface area contributed by atoms with E-state index < -0.39 is 0 Å². The van der Waals surface area contributed by atoms with E-state index >= 15 is 0 Å². The fraction of sp³-hybridized carbons (Fsp3) is 0.333. The maximum atomic E-state index is 12.0. The molecule has 0 atom stereocenters. The molecule has 4 nitrogen and oxygen atoms in total. The van der Waals surface area contributed by atoms with Crippen LogP contribution >= 0.6 is 0 Å². The van der Waals surface area contributed by atoms with Crippen LogP contribution in [0.3, 0.4) is 0 Å². The van der Waals surface area contributed by atoms with E-state index in [0.29, 0.717) is 11.7 Å². The maximum absolute atomic E-state index is 12.0. The molecule has 2 aromatic rings. The van der Waals surface area contributed by atoms with Gasteiger partial charge in [-0.25, -0.2) is 4.98 Å². The molecular weight excluding hydrogens is 240 g/mol. The van der Waals surface area contributed by atoms with E-state index in [1.807, 2.05) is 39.0 Å². The van der Waals surface area contributed by atoms with Crippen molar-refractivity contribution in [3.05, 3.63) is 46.7 Å². The number of benzene rings is 1. The first-order chi connectivity index (χ1) is 8.95. The van der Waals surface area contributed by atoms with Crippen LogP contribution in [-0.4, -0.2) is 10.9 Å². The van der Waals surface area contributed by atoms with Crippen molar-refractivity contribution >= 4 is 11.6 Å². The van der Waals surface area contributed by atoms with Gasteiger partial charge in [0.15, 0.2) is 5.89 Å². The summed E-state index contributed by atoms with van der Waals surface area (Å²) in [6, 6.07) is 5.98. The molecule has 0 saturated heterocycles. The Balaban J connectivity index is 2.09. The summed E-state index contributed by atoms with van der Waals surface area (Å²) in [4.78, 5) is 16.2. The normalized spacial score (nSPS) is 10.5. The Morgan fingerprint density at radius 3 is 2.63 bits per heavy atom. The number of rotatable bonds is 3. The maximum Gasteiger partial charge on any atom is 0.232 e. The van der Waals surface area contributed by atoms with Gasteiger partial charge >= 0.3 is 0 Å². The van der Waals surface area contributed by atoms with E-state index in [1.165, 1.54) is 0 Å². The number of amides is 1. The van der Waals surface area contributed by atoms with Crippen LogP contribution in [0.1, 0.15) is 28.5 Å². The summed E-state index contributed by atoms with van der Waals surface area (Å²) < 4.78 is 5.40. The van der Waals surface area contributed by atoms with E-state index in [0.717, 1.165) is 22.5 Å². The zero-order valence-corrected chi connectivity index (χ0v) is 11.7. The number of nitrogens with one attached hydrogen (secondary N) is 1. The summed E-state index contributed by atoms with van der Waals surface area (Å²) >= 11 is 0. The number of carbonyl (C=O) groups excluding carboxylic acids is 1. The number of carbonyl (C=O) groups is 1. The van der Waals surface area contributed by atoms with Gasteiger partial charge in [-0.3, -0.25) is 4.79 Å². The van der Waals surface area contributed by atoms with E-state index in [9.17, 15) is 4.79 Å². The summed E-state index contributed by atoms with van der Waals surface area (Å²) in [6.45, 7) is 7.59. The molecule has 2 rings (SSSR count). The Kier molecular flexibility index (Phi) is 3.69. The van der Waals surface area contributed by atoms with E-state index in [-0.39, 0.29) is 12.3 Å². The summed E-state index contributed by atoms with van der Waals surface area (Å²) in [5.74, 6) is 1.13. The van der Waals surface area contributed by atoms with Gasteiger partial charge < -0.3 is 9.73 Å². The molecule has 0 aliphatic heterocycles. The third-order valence-electron chi connectivity index (χ3n) is 2.99. The molecule has 1 heterocycles. The van der Waals surface area contributed by atoms with Crippen LogP contribution in [0.15, 0.2) is 22.6 Å². The molecule has 1 aromatic heterocycles. The molecular formula is C15H18N2O2. The predicted molar refractivity (Wildman–Crippen MR) is 74.2 cm³/mol.